The van der Waals surface area contributed by atoms with E-state index in [2.05, 4.69) is 20.9 Å². The minimum Gasteiger partial charge on any atom is -0.456 e. The van der Waals surface area contributed by atoms with E-state index in [1.807, 2.05) is 0 Å². The number of aromatic nitrogens is 1. The lowest BCUT2D eigenvalue weighted by molar-refractivity contribution is 0.0635. The fraction of sp³-hybridized carbons (Fsp3) is 0.300. The largest absolute Gasteiger partial charge is 0.456 e. The molecule has 1 heterocycles. The van der Waals surface area contributed by atoms with Crippen molar-refractivity contribution in [2.45, 2.75) is 33.3 Å². The van der Waals surface area contributed by atoms with Crippen molar-refractivity contribution in [2.24, 2.45) is 0 Å². The van der Waals surface area contributed by atoms with Crippen molar-refractivity contribution in [1.82, 2.24) is 10.3 Å². The van der Waals surface area contributed by atoms with Gasteiger partial charge in [-0.1, -0.05) is 0 Å². The van der Waals surface area contributed by atoms with Crippen LogP contribution in [-0.2, 0) is 9.47 Å². The van der Waals surface area contributed by atoms with Crippen LogP contribution in [0.25, 0.3) is 0 Å². The lowest BCUT2D eigenvalue weighted by Gasteiger charge is -2.20. The van der Waals surface area contributed by atoms with Crippen LogP contribution >= 0.6 is 12.2 Å². The zero-order valence-corrected chi connectivity index (χ0v) is 18.3. The molecule has 0 radical (unpaired) electrons. The molecule has 0 aliphatic carbocycles. The molecule has 2 aromatic rings. The monoisotopic (exact) mass is 450 g/mol. The molecule has 1 aromatic carbocycles. The van der Waals surface area contributed by atoms with Gasteiger partial charge < -0.3 is 24.8 Å². The van der Waals surface area contributed by atoms with Crippen molar-refractivity contribution < 1.29 is 28.2 Å². The van der Waals surface area contributed by atoms with Crippen LogP contribution in [0.15, 0.2) is 36.5 Å². The van der Waals surface area contributed by atoms with Gasteiger partial charge >= 0.3 is 12.2 Å². The van der Waals surface area contributed by atoms with E-state index in [1.165, 1.54) is 18.3 Å². The topological polar surface area (TPSA) is 111 Å². The number of hydrogen-bond donors (Lipinski definition) is 3. The second kappa shape index (κ2) is 10.5. The van der Waals surface area contributed by atoms with Gasteiger partial charge in [0.25, 0.3) is 5.17 Å². The number of nitrogens with one attached hydrogen (secondary N) is 3. The van der Waals surface area contributed by atoms with Gasteiger partial charge in [-0.15, -0.1) is 0 Å². The number of halogens is 1. The maximum absolute atomic E-state index is 14.0. The predicted octanol–water partition coefficient (Wildman–Crippen LogP) is 4.80. The zero-order valence-electron chi connectivity index (χ0n) is 17.4. The number of rotatable bonds is 5. The highest BCUT2D eigenvalue weighted by molar-refractivity contribution is 7.80. The molecule has 3 N–H and O–H groups in total. The van der Waals surface area contributed by atoms with E-state index < -0.39 is 23.6 Å². The summed E-state index contributed by atoms with van der Waals surface area (Å²) < 4.78 is 29.6. The smallest absolute Gasteiger partial charge is 0.414 e. The molecule has 0 atom stereocenters. The molecule has 31 heavy (non-hydrogen) atoms. The molecule has 0 unspecified atom stereocenters. The number of nitrogens with zero attached hydrogens (tertiary/aromatic N) is 1. The minimum absolute atomic E-state index is 0.0918. The number of ether oxygens (including phenoxy) is 3. The summed E-state index contributed by atoms with van der Waals surface area (Å²) in [5.74, 6) is 0.297. The SMILES string of the molecule is CCNC(=O)OC(=S)Nc1ccc(Oc2ccc(F)c(NC(=O)OC(C)(C)C)c2)cn1. The number of benzene rings is 1. The third-order valence-electron chi connectivity index (χ3n) is 3.28. The van der Waals surface area contributed by atoms with Gasteiger partial charge in [-0.2, -0.15) is 0 Å². The van der Waals surface area contributed by atoms with Crippen LogP contribution in [0.4, 0.5) is 25.5 Å². The highest BCUT2D eigenvalue weighted by Crippen LogP contribution is 2.27. The summed E-state index contributed by atoms with van der Waals surface area (Å²) in [4.78, 5) is 27.3. The molecule has 1 aromatic heterocycles. The van der Waals surface area contributed by atoms with Gasteiger partial charge in [0.15, 0.2) is 0 Å². The Hall–Kier alpha value is -3.47. The molecule has 2 rings (SSSR count). The molecule has 0 saturated carbocycles. The Morgan fingerprint density at radius 2 is 1.81 bits per heavy atom. The molecule has 11 heteroatoms. The molecular formula is C20H23FN4O5S. The number of pyridine rings is 1. The summed E-state index contributed by atoms with van der Waals surface area (Å²) in [7, 11) is 0. The highest BCUT2D eigenvalue weighted by atomic mass is 32.1. The van der Waals surface area contributed by atoms with Crippen molar-refractivity contribution in [1.29, 1.82) is 0 Å². The number of carbonyl (C=O) groups excluding carboxylic acids is 2. The molecule has 0 bridgehead atoms. The first kappa shape index (κ1) is 23.8. The van der Waals surface area contributed by atoms with E-state index in [0.29, 0.717) is 18.1 Å². The van der Waals surface area contributed by atoms with Gasteiger partial charge in [0.05, 0.1) is 11.9 Å². The molecule has 0 aliphatic rings. The first-order chi connectivity index (χ1) is 14.6. The van der Waals surface area contributed by atoms with Gasteiger partial charge in [-0.05, 0) is 64.2 Å². The van der Waals surface area contributed by atoms with E-state index in [4.69, 9.17) is 26.4 Å². The van der Waals surface area contributed by atoms with Crippen molar-refractivity contribution in [2.75, 3.05) is 17.2 Å². The van der Waals surface area contributed by atoms with Crippen molar-refractivity contribution >= 4 is 41.1 Å². The fourth-order valence-corrected chi connectivity index (χ4v) is 2.30. The first-order valence-electron chi connectivity index (χ1n) is 9.26. The number of amides is 2. The van der Waals surface area contributed by atoms with E-state index in [9.17, 15) is 14.0 Å². The number of carbonyl (C=O) groups is 2. The Morgan fingerprint density at radius 3 is 2.42 bits per heavy atom. The van der Waals surface area contributed by atoms with Gasteiger partial charge in [0.1, 0.15) is 28.7 Å². The Kier molecular flexibility index (Phi) is 8.08. The van der Waals surface area contributed by atoms with Crippen molar-refractivity contribution in [3.63, 3.8) is 0 Å². The second-order valence-corrected chi connectivity index (χ2v) is 7.45. The van der Waals surface area contributed by atoms with E-state index in [1.54, 1.807) is 39.8 Å². The summed E-state index contributed by atoms with van der Waals surface area (Å²) >= 11 is 4.91. The Bertz CT molecular complexity index is 948. The lowest BCUT2D eigenvalue weighted by atomic mass is 10.2. The average molecular weight is 450 g/mol. The van der Waals surface area contributed by atoms with Crippen LogP contribution in [0.5, 0.6) is 11.5 Å². The van der Waals surface area contributed by atoms with E-state index >= 15 is 0 Å². The maximum Gasteiger partial charge on any atom is 0.414 e. The summed E-state index contributed by atoms with van der Waals surface area (Å²) in [5.41, 5.74) is -0.811. The molecule has 9 nitrogen and oxygen atoms in total. The van der Waals surface area contributed by atoms with Crippen LogP contribution in [0.2, 0.25) is 0 Å². The van der Waals surface area contributed by atoms with Crippen LogP contribution < -0.4 is 20.7 Å². The summed E-state index contributed by atoms with van der Waals surface area (Å²) in [6.45, 7) is 7.26. The summed E-state index contributed by atoms with van der Waals surface area (Å²) in [6, 6.07) is 7.00. The Balaban J connectivity index is 1.99. The van der Waals surface area contributed by atoms with Gasteiger partial charge in [-0.3, -0.25) is 5.32 Å². The molecule has 0 spiro atoms. The fourth-order valence-electron chi connectivity index (χ4n) is 2.12. The van der Waals surface area contributed by atoms with E-state index in [-0.39, 0.29) is 16.6 Å². The first-order valence-corrected chi connectivity index (χ1v) is 9.66. The highest BCUT2D eigenvalue weighted by Gasteiger charge is 2.18. The van der Waals surface area contributed by atoms with Crippen LogP contribution in [0.1, 0.15) is 27.7 Å². The lowest BCUT2D eigenvalue weighted by Crippen LogP contribution is -2.28. The molecule has 166 valence electrons. The normalized spacial score (nSPS) is 10.6. The van der Waals surface area contributed by atoms with E-state index in [0.717, 1.165) is 6.07 Å². The zero-order chi connectivity index (χ0) is 23.0. The van der Waals surface area contributed by atoms with Crippen LogP contribution in [0, 0.1) is 5.82 Å². The average Bonchev–Trinajstić information content (AvgIpc) is 2.64. The number of thiocarbonyl (C=S) groups is 1. The quantitative estimate of drug-likeness (QED) is 0.557. The van der Waals surface area contributed by atoms with Crippen LogP contribution in [0.3, 0.4) is 0 Å². The third-order valence-corrected chi connectivity index (χ3v) is 3.47. The predicted molar refractivity (Wildman–Crippen MR) is 117 cm³/mol. The minimum atomic E-state index is -0.786. The van der Waals surface area contributed by atoms with Crippen molar-refractivity contribution in [3.8, 4) is 11.5 Å². The third kappa shape index (κ3) is 8.42. The number of hydrogen-bond acceptors (Lipinski definition) is 7. The Labute approximate surface area is 184 Å². The number of anilines is 2. The molecular weight excluding hydrogens is 427 g/mol. The summed E-state index contributed by atoms with van der Waals surface area (Å²) in [6.07, 6.45) is -0.0694. The van der Waals surface area contributed by atoms with Crippen molar-refractivity contribution in [3.05, 3.63) is 42.3 Å². The van der Waals surface area contributed by atoms with Crippen LogP contribution in [-0.4, -0.2) is 34.5 Å². The number of alkyl carbamates (subject to hydrolysis) is 1. The van der Waals surface area contributed by atoms with Gasteiger partial charge in [0, 0.05) is 12.6 Å². The second-order valence-electron chi connectivity index (χ2n) is 7.08. The summed E-state index contributed by atoms with van der Waals surface area (Å²) in [5, 5.41) is 7.27. The molecule has 0 aliphatic heterocycles. The standard InChI is InChI=1S/C20H23FN4O5S/c1-5-22-17(26)29-19(31)25-16-9-7-13(11-23-16)28-12-6-8-14(21)15(10-12)24-18(27)30-20(2,3)4/h6-11H,5H2,1-4H3,(H,22,26)(H,24,27)(H,23,25,31). The Morgan fingerprint density at radius 1 is 1.10 bits per heavy atom. The van der Waals surface area contributed by atoms with Gasteiger partial charge in [0.2, 0.25) is 0 Å². The molecule has 0 fully saturated rings. The van der Waals surface area contributed by atoms with Gasteiger partial charge in [-0.25, -0.2) is 19.0 Å². The molecule has 2 amide bonds. The molecule has 0 saturated heterocycles. The maximum atomic E-state index is 14.0.